The average Bonchev–Trinajstić information content (AvgIpc) is 2.53. The molecule has 1 aromatic carbocycles. The third-order valence-electron chi connectivity index (χ3n) is 3.91. The van der Waals surface area contributed by atoms with E-state index >= 15 is 0 Å². The van der Waals surface area contributed by atoms with Crippen molar-refractivity contribution < 1.29 is 14.3 Å². The van der Waals surface area contributed by atoms with Crippen LogP contribution in [0.1, 0.15) is 39.2 Å². The summed E-state index contributed by atoms with van der Waals surface area (Å²) in [6.45, 7) is 7.30. The normalized spacial score (nSPS) is 10.7. The molecule has 0 saturated carbocycles. The zero-order valence-corrected chi connectivity index (χ0v) is 17.0. The second-order valence-electron chi connectivity index (χ2n) is 7.13. The third kappa shape index (κ3) is 7.04. The highest BCUT2D eigenvalue weighted by Gasteiger charge is 2.16. The van der Waals surface area contributed by atoms with Crippen LogP contribution in [0.25, 0.3) is 0 Å². The number of carbonyl (C=O) groups excluding carboxylic acids is 2. The minimum atomic E-state index is -0.0340. The summed E-state index contributed by atoms with van der Waals surface area (Å²) in [6.07, 6.45) is 1.36. The van der Waals surface area contributed by atoms with Gasteiger partial charge in [-0.15, -0.1) is 0 Å². The number of nitrogens with one attached hydrogen (secondary N) is 1. The lowest BCUT2D eigenvalue weighted by Gasteiger charge is -2.26. The zero-order chi connectivity index (χ0) is 19.7. The van der Waals surface area contributed by atoms with Crippen LogP contribution in [0.3, 0.4) is 0 Å². The second kappa shape index (κ2) is 10.8. The molecule has 1 rings (SSSR count). The molecule has 2 amide bonds. The van der Waals surface area contributed by atoms with E-state index in [0.717, 1.165) is 23.4 Å². The molecule has 0 aliphatic carbocycles. The van der Waals surface area contributed by atoms with Crippen molar-refractivity contribution in [2.75, 3.05) is 44.6 Å². The van der Waals surface area contributed by atoms with Gasteiger partial charge in [-0.3, -0.25) is 9.59 Å². The molecule has 0 spiro atoms. The van der Waals surface area contributed by atoms with Crippen molar-refractivity contribution in [3.63, 3.8) is 0 Å². The molecule has 0 radical (unpaired) electrons. The van der Waals surface area contributed by atoms with Gasteiger partial charge in [0.25, 0.3) is 0 Å². The van der Waals surface area contributed by atoms with Crippen LogP contribution in [0.2, 0.25) is 0 Å². The number of ether oxygens (including phenoxy) is 1. The Kier molecular flexibility index (Phi) is 9.13. The van der Waals surface area contributed by atoms with Crippen LogP contribution in [0.15, 0.2) is 18.2 Å². The average molecular weight is 364 g/mol. The van der Waals surface area contributed by atoms with E-state index in [1.165, 1.54) is 7.11 Å². The highest BCUT2D eigenvalue weighted by Crippen LogP contribution is 2.25. The van der Waals surface area contributed by atoms with E-state index in [-0.39, 0.29) is 18.4 Å². The van der Waals surface area contributed by atoms with E-state index in [1.807, 2.05) is 58.0 Å². The highest BCUT2D eigenvalue weighted by atomic mass is 16.5. The maximum atomic E-state index is 12.3. The molecule has 0 heterocycles. The van der Waals surface area contributed by atoms with Crippen LogP contribution < -0.4 is 10.2 Å². The summed E-state index contributed by atoms with van der Waals surface area (Å²) in [4.78, 5) is 28.2. The lowest BCUT2D eigenvalue weighted by Crippen LogP contribution is -2.34. The maximum absolute atomic E-state index is 12.3. The van der Waals surface area contributed by atoms with Crippen LogP contribution in [0, 0.1) is 5.92 Å². The van der Waals surface area contributed by atoms with Crippen molar-refractivity contribution in [1.82, 2.24) is 4.90 Å². The van der Waals surface area contributed by atoms with Crippen molar-refractivity contribution in [3.05, 3.63) is 23.8 Å². The smallest absolute Gasteiger partial charge is 0.248 e. The van der Waals surface area contributed by atoms with E-state index in [0.29, 0.717) is 25.4 Å². The van der Waals surface area contributed by atoms with Gasteiger partial charge in [-0.05, 0) is 36.1 Å². The number of carbonyl (C=O) groups is 2. The maximum Gasteiger partial charge on any atom is 0.248 e. The largest absolute Gasteiger partial charge is 0.377 e. The fourth-order valence-corrected chi connectivity index (χ4v) is 2.79. The van der Waals surface area contributed by atoms with Gasteiger partial charge < -0.3 is 19.9 Å². The topological polar surface area (TPSA) is 61.9 Å². The van der Waals surface area contributed by atoms with Crippen LogP contribution in [-0.2, 0) is 20.9 Å². The Morgan fingerprint density at radius 1 is 1.23 bits per heavy atom. The Hall–Kier alpha value is -2.08. The first kappa shape index (κ1) is 22.0. The molecule has 6 heteroatoms. The van der Waals surface area contributed by atoms with E-state index in [9.17, 15) is 9.59 Å². The van der Waals surface area contributed by atoms with Crippen molar-refractivity contribution in [2.24, 2.45) is 5.92 Å². The first-order chi connectivity index (χ1) is 12.3. The van der Waals surface area contributed by atoms with Gasteiger partial charge in [0.2, 0.25) is 11.8 Å². The Morgan fingerprint density at radius 3 is 2.46 bits per heavy atom. The van der Waals surface area contributed by atoms with Crippen LogP contribution in [-0.4, -0.2) is 51.1 Å². The number of amides is 2. The molecule has 0 saturated heterocycles. The van der Waals surface area contributed by atoms with Gasteiger partial charge in [-0.25, -0.2) is 0 Å². The summed E-state index contributed by atoms with van der Waals surface area (Å²) in [5, 5.41) is 2.95. The van der Waals surface area contributed by atoms with Crippen molar-refractivity contribution in [1.29, 1.82) is 0 Å². The van der Waals surface area contributed by atoms with Gasteiger partial charge in [0.05, 0.1) is 0 Å². The Bertz CT molecular complexity index is 600. The number of hydrogen-bond acceptors (Lipinski definition) is 4. The quantitative estimate of drug-likeness (QED) is 0.694. The highest BCUT2D eigenvalue weighted by molar-refractivity contribution is 5.91. The molecule has 0 unspecified atom stereocenters. The fraction of sp³-hybridized carbons (Fsp3) is 0.600. The number of rotatable bonds is 10. The van der Waals surface area contributed by atoms with E-state index in [2.05, 4.69) is 5.32 Å². The minimum absolute atomic E-state index is 0.00410. The van der Waals surface area contributed by atoms with Gasteiger partial charge in [-0.1, -0.05) is 20.8 Å². The van der Waals surface area contributed by atoms with Gasteiger partial charge in [0, 0.05) is 52.1 Å². The summed E-state index contributed by atoms with van der Waals surface area (Å²) in [5.74, 6) is 0.278. The van der Waals surface area contributed by atoms with Crippen LogP contribution in [0.5, 0.6) is 0 Å². The molecule has 0 aliphatic heterocycles. The van der Waals surface area contributed by atoms with E-state index in [4.69, 9.17) is 4.74 Å². The molecular weight excluding hydrogens is 330 g/mol. The molecule has 0 aromatic heterocycles. The zero-order valence-electron chi connectivity index (χ0n) is 17.0. The molecule has 6 nitrogen and oxygen atoms in total. The summed E-state index contributed by atoms with van der Waals surface area (Å²) < 4.78 is 5.00. The number of benzene rings is 1. The summed E-state index contributed by atoms with van der Waals surface area (Å²) in [6, 6.07) is 5.83. The molecule has 26 heavy (non-hydrogen) atoms. The van der Waals surface area contributed by atoms with Crippen LogP contribution in [0.4, 0.5) is 11.4 Å². The van der Waals surface area contributed by atoms with Gasteiger partial charge >= 0.3 is 0 Å². The Balaban J connectivity index is 3.06. The van der Waals surface area contributed by atoms with Crippen LogP contribution >= 0.6 is 0 Å². The first-order valence-corrected chi connectivity index (χ1v) is 9.15. The number of anilines is 2. The molecule has 1 aromatic rings. The Morgan fingerprint density at radius 2 is 1.92 bits per heavy atom. The molecule has 0 atom stereocenters. The van der Waals surface area contributed by atoms with Gasteiger partial charge in [0.1, 0.15) is 6.61 Å². The minimum Gasteiger partial charge on any atom is -0.377 e. The first-order valence-electron chi connectivity index (χ1n) is 9.15. The standard InChI is InChI=1S/C20H33N3O3/c1-7-10-23(20(25)14-26-6)13-16-12-17(8-9-18(16)22(4)5)21-19(24)11-15(2)3/h8-9,12,15H,7,10-11,13-14H2,1-6H3,(H,21,24). The predicted molar refractivity (Wildman–Crippen MR) is 106 cm³/mol. The van der Waals surface area contributed by atoms with Gasteiger partial charge in [-0.2, -0.15) is 0 Å². The predicted octanol–water partition coefficient (Wildman–Crippen LogP) is 3.12. The third-order valence-corrected chi connectivity index (χ3v) is 3.91. The molecule has 0 bridgehead atoms. The van der Waals surface area contributed by atoms with Crippen molar-refractivity contribution >= 4 is 23.2 Å². The summed E-state index contributed by atoms with van der Waals surface area (Å²) in [5.41, 5.74) is 2.78. The molecule has 0 aliphatic rings. The monoisotopic (exact) mass is 363 g/mol. The lowest BCUT2D eigenvalue weighted by atomic mass is 10.1. The van der Waals surface area contributed by atoms with E-state index < -0.39 is 0 Å². The number of methoxy groups -OCH3 is 1. The van der Waals surface area contributed by atoms with E-state index in [1.54, 1.807) is 4.90 Å². The molecular formula is C20H33N3O3. The second-order valence-corrected chi connectivity index (χ2v) is 7.13. The fourth-order valence-electron chi connectivity index (χ4n) is 2.79. The number of nitrogens with zero attached hydrogens (tertiary/aromatic N) is 2. The summed E-state index contributed by atoms with van der Waals surface area (Å²) >= 11 is 0. The van der Waals surface area contributed by atoms with Crippen molar-refractivity contribution in [3.8, 4) is 0 Å². The Labute approximate surface area is 157 Å². The SMILES string of the molecule is CCCN(Cc1cc(NC(=O)CC(C)C)ccc1N(C)C)C(=O)COC. The van der Waals surface area contributed by atoms with Crippen molar-refractivity contribution in [2.45, 2.75) is 40.2 Å². The summed E-state index contributed by atoms with van der Waals surface area (Å²) in [7, 11) is 5.46. The molecule has 0 fully saturated rings. The number of hydrogen-bond donors (Lipinski definition) is 1. The molecule has 146 valence electrons. The van der Waals surface area contributed by atoms with Gasteiger partial charge in [0.15, 0.2) is 0 Å². The molecule has 1 N–H and O–H groups in total. The lowest BCUT2D eigenvalue weighted by molar-refractivity contribution is -0.135.